The fourth-order valence-corrected chi connectivity index (χ4v) is 5.19. The maximum absolute atomic E-state index is 13.8. The Bertz CT molecular complexity index is 1210. The van der Waals surface area contributed by atoms with Crippen LogP contribution in [0.5, 0.6) is 17.2 Å². The minimum absolute atomic E-state index is 0.00344. The zero-order chi connectivity index (χ0) is 26.0. The molecule has 0 bridgehead atoms. The summed E-state index contributed by atoms with van der Waals surface area (Å²) in [4.78, 5) is 31.9. The van der Waals surface area contributed by atoms with Gasteiger partial charge >= 0.3 is 5.97 Å². The second-order valence-corrected chi connectivity index (χ2v) is 9.46. The summed E-state index contributed by atoms with van der Waals surface area (Å²) in [6.45, 7) is 5.46. The number of hydrogen-bond acceptors (Lipinski definition) is 7. The lowest BCUT2D eigenvalue weighted by atomic mass is 9.69. The zero-order valence-electron chi connectivity index (χ0n) is 21.7. The van der Waals surface area contributed by atoms with Gasteiger partial charge in [0.05, 0.1) is 27.4 Å². The topological polar surface area (TPSA) is 83.4 Å². The van der Waals surface area contributed by atoms with Gasteiger partial charge in [0, 0.05) is 41.0 Å². The maximum Gasteiger partial charge on any atom is 0.315 e. The number of carbonyl (C=O) groups is 2. The molecule has 0 spiro atoms. The second kappa shape index (κ2) is 10.6. The first kappa shape index (κ1) is 25.5. The van der Waals surface area contributed by atoms with Crippen molar-refractivity contribution in [3.8, 4) is 17.2 Å². The van der Waals surface area contributed by atoms with Crippen molar-refractivity contribution in [2.24, 2.45) is 10.9 Å². The number of ketones is 1. The number of methoxy groups -OCH3 is 3. The first-order valence-electron chi connectivity index (χ1n) is 12.1. The molecule has 36 heavy (non-hydrogen) atoms. The molecule has 1 unspecified atom stereocenters. The molecule has 0 amide bonds. The molecule has 190 valence electrons. The van der Waals surface area contributed by atoms with Crippen LogP contribution in [0.3, 0.4) is 0 Å². The van der Waals surface area contributed by atoms with E-state index in [2.05, 4.69) is 0 Å². The number of rotatable bonds is 7. The molecule has 0 saturated heterocycles. The fourth-order valence-electron chi connectivity index (χ4n) is 5.19. The normalized spacial score (nSPS) is 21.6. The van der Waals surface area contributed by atoms with Crippen molar-refractivity contribution in [1.29, 1.82) is 0 Å². The molecule has 7 nitrogen and oxygen atoms in total. The number of aliphatic imine (C=N–C) groups is 1. The molecule has 7 heteroatoms. The van der Waals surface area contributed by atoms with Crippen LogP contribution >= 0.6 is 0 Å². The number of Topliss-reactive ketones (excluding diaryl/α,β-unsaturated/α-hetero) is 1. The number of carbonyl (C=O) groups excluding carboxylic acids is 2. The Balaban J connectivity index is 1.82. The highest BCUT2D eigenvalue weighted by atomic mass is 16.5. The Labute approximate surface area is 212 Å². The van der Waals surface area contributed by atoms with Crippen LogP contribution < -0.4 is 14.2 Å². The molecule has 0 radical (unpaired) electrons. The maximum atomic E-state index is 13.8. The molecule has 2 aromatic rings. The van der Waals surface area contributed by atoms with Crippen LogP contribution in [0, 0.1) is 5.92 Å². The minimum atomic E-state index is -0.727. The van der Waals surface area contributed by atoms with Crippen LogP contribution in [-0.2, 0) is 14.3 Å². The first-order chi connectivity index (χ1) is 17.3. The zero-order valence-corrected chi connectivity index (χ0v) is 21.7. The van der Waals surface area contributed by atoms with Gasteiger partial charge < -0.3 is 18.9 Å². The smallest absolute Gasteiger partial charge is 0.315 e. The van der Waals surface area contributed by atoms with Gasteiger partial charge in [0.2, 0.25) is 0 Å². The molecule has 0 fully saturated rings. The summed E-state index contributed by atoms with van der Waals surface area (Å²) in [5.41, 5.74) is 3.72. The average molecular weight is 492 g/mol. The van der Waals surface area contributed by atoms with Crippen LogP contribution in [0.25, 0.3) is 0 Å². The van der Waals surface area contributed by atoms with Gasteiger partial charge in [0.25, 0.3) is 0 Å². The summed E-state index contributed by atoms with van der Waals surface area (Å²) >= 11 is 0. The molecule has 1 aliphatic heterocycles. The summed E-state index contributed by atoms with van der Waals surface area (Å²) in [5.74, 6) is 0.241. The number of ether oxygens (including phenoxy) is 4. The Hall–Kier alpha value is -3.61. The Kier molecular flexibility index (Phi) is 7.48. The van der Waals surface area contributed by atoms with Gasteiger partial charge in [-0.2, -0.15) is 0 Å². The molecule has 0 aromatic heterocycles. The number of benzene rings is 2. The van der Waals surface area contributed by atoms with Crippen molar-refractivity contribution >= 4 is 17.5 Å². The van der Waals surface area contributed by atoms with E-state index in [1.165, 1.54) is 0 Å². The largest absolute Gasteiger partial charge is 0.497 e. The van der Waals surface area contributed by atoms with E-state index in [9.17, 15) is 9.59 Å². The van der Waals surface area contributed by atoms with Crippen molar-refractivity contribution < 1.29 is 28.5 Å². The van der Waals surface area contributed by atoms with E-state index in [1.807, 2.05) is 57.2 Å². The standard InChI is InChI=1S/C29H33NO6/c1-16(2)36-29(32)26-17(3)30-23-13-19(18-7-9-20(33-4)10-8-18)14-24(31)28(23)27(26)22-12-11-21(34-5)15-25(22)35-6/h7-12,15-16,19,26-27H,13-14H2,1-6H3/t19-,26?,27+/m1/s1. The lowest BCUT2D eigenvalue weighted by Gasteiger charge is -2.37. The third-order valence-electron chi connectivity index (χ3n) is 6.86. The van der Waals surface area contributed by atoms with Crippen LogP contribution in [0.15, 0.2) is 58.7 Å². The number of allylic oxidation sites excluding steroid dienone is 2. The molecular formula is C29H33NO6. The predicted molar refractivity (Wildman–Crippen MR) is 137 cm³/mol. The third kappa shape index (κ3) is 4.87. The van der Waals surface area contributed by atoms with Crippen molar-refractivity contribution in [3.05, 3.63) is 64.9 Å². The average Bonchev–Trinajstić information content (AvgIpc) is 2.86. The van der Waals surface area contributed by atoms with E-state index in [0.717, 1.165) is 22.6 Å². The molecule has 1 aliphatic carbocycles. The summed E-state index contributed by atoms with van der Waals surface area (Å²) in [5, 5.41) is 0. The number of esters is 1. The molecule has 4 rings (SSSR count). The van der Waals surface area contributed by atoms with E-state index in [0.29, 0.717) is 35.6 Å². The fraction of sp³-hybridized carbons (Fsp3) is 0.414. The Morgan fingerprint density at radius 1 is 0.944 bits per heavy atom. The molecule has 2 aliphatic rings. The number of nitrogens with zero attached hydrogens (tertiary/aromatic N) is 1. The highest BCUT2D eigenvalue weighted by Gasteiger charge is 2.46. The highest BCUT2D eigenvalue weighted by molar-refractivity contribution is 6.09. The van der Waals surface area contributed by atoms with Gasteiger partial charge in [-0.3, -0.25) is 14.6 Å². The van der Waals surface area contributed by atoms with E-state index in [4.69, 9.17) is 23.9 Å². The molecule has 0 saturated carbocycles. The van der Waals surface area contributed by atoms with Gasteiger partial charge in [-0.05, 0) is 56.9 Å². The van der Waals surface area contributed by atoms with E-state index in [-0.39, 0.29) is 17.8 Å². The molecule has 0 N–H and O–H groups in total. The summed E-state index contributed by atoms with van der Waals surface area (Å²) in [6.07, 6.45) is 0.646. The number of hydrogen-bond donors (Lipinski definition) is 0. The predicted octanol–water partition coefficient (Wildman–Crippen LogP) is 5.24. The monoisotopic (exact) mass is 491 g/mol. The van der Waals surface area contributed by atoms with Crippen LogP contribution in [0.2, 0.25) is 0 Å². The van der Waals surface area contributed by atoms with Crippen molar-refractivity contribution in [2.45, 2.75) is 51.6 Å². The van der Waals surface area contributed by atoms with Gasteiger partial charge in [-0.25, -0.2) is 0 Å². The lowest BCUT2D eigenvalue weighted by Crippen LogP contribution is -2.39. The second-order valence-electron chi connectivity index (χ2n) is 9.46. The summed E-state index contributed by atoms with van der Waals surface area (Å²) in [7, 11) is 4.78. The lowest BCUT2D eigenvalue weighted by molar-refractivity contribution is -0.150. The van der Waals surface area contributed by atoms with E-state index in [1.54, 1.807) is 27.4 Å². The van der Waals surface area contributed by atoms with Gasteiger partial charge in [-0.15, -0.1) is 0 Å². The summed E-state index contributed by atoms with van der Waals surface area (Å²) in [6, 6.07) is 13.3. The molecule has 3 atom stereocenters. The Morgan fingerprint density at radius 3 is 2.22 bits per heavy atom. The van der Waals surface area contributed by atoms with Crippen molar-refractivity contribution in [2.75, 3.05) is 21.3 Å². The quantitative estimate of drug-likeness (QED) is 0.493. The van der Waals surface area contributed by atoms with Gasteiger partial charge in [-0.1, -0.05) is 18.2 Å². The van der Waals surface area contributed by atoms with Crippen molar-refractivity contribution in [3.63, 3.8) is 0 Å². The van der Waals surface area contributed by atoms with E-state index >= 15 is 0 Å². The highest BCUT2D eigenvalue weighted by Crippen LogP contribution is 2.49. The Morgan fingerprint density at radius 2 is 1.61 bits per heavy atom. The SMILES string of the molecule is COc1ccc([C@H]2CC(=O)C3=C(C2)N=C(C)C(C(=O)OC(C)C)[C@@H]3c2ccc(OC)cc2OC)cc1. The van der Waals surface area contributed by atoms with Gasteiger partial charge in [0.15, 0.2) is 5.78 Å². The third-order valence-corrected chi connectivity index (χ3v) is 6.86. The van der Waals surface area contributed by atoms with Crippen LogP contribution in [0.1, 0.15) is 56.6 Å². The molecule has 1 heterocycles. The minimum Gasteiger partial charge on any atom is -0.497 e. The molecule has 2 aromatic carbocycles. The van der Waals surface area contributed by atoms with Crippen LogP contribution in [0.4, 0.5) is 0 Å². The van der Waals surface area contributed by atoms with Gasteiger partial charge in [0.1, 0.15) is 23.2 Å². The van der Waals surface area contributed by atoms with Crippen LogP contribution in [-0.4, -0.2) is 44.9 Å². The first-order valence-corrected chi connectivity index (χ1v) is 12.1. The van der Waals surface area contributed by atoms with E-state index < -0.39 is 17.8 Å². The summed E-state index contributed by atoms with van der Waals surface area (Å²) < 4.78 is 22.0. The van der Waals surface area contributed by atoms with Crippen molar-refractivity contribution in [1.82, 2.24) is 0 Å². The molecular weight excluding hydrogens is 458 g/mol.